The van der Waals surface area contributed by atoms with Gasteiger partial charge in [0, 0.05) is 23.1 Å². The number of nitrogens with zero attached hydrogens (tertiary/aromatic N) is 5. The number of nitrogens with one attached hydrogen (secondary N) is 1. The predicted molar refractivity (Wildman–Crippen MR) is 120 cm³/mol. The Bertz CT molecular complexity index is 1120. The molecule has 0 bridgehead atoms. The predicted octanol–water partition coefficient (Wildman–Crippen LogP) is 4.28. The van der Waals surface area contributed by atoms with Crippen LogP contribution in [0.3, 0.4) is 0 Å². The summed E-state index contributed by atoms with van der Waals surface area (Å²) < 4.78 is 1.57. The van der Waals surface area contributed by atoms with Gasteiger partial charge in [0.1, 0.15) is 0 Å². The van der Waals surface area contributed by atoms with Crippen LogP contribution in [0.2, 0.25) is 0 Å². The van der Waals surface area contributed by atoms with Crippen LogP contribution in [0, 0.1) is 22.0 Å². The monoisotopic (exact) mass is 452 g/mol. The van der Waals surface area contributed by atoms with Crippen molar-refractivity contribution < 1.29 is 9.72 Å². The van der Waals surface area contributed by atoms with Crippen LogP contribution in [-0.2, 0) is 0 Å². The number of para-hydroxylation sites is 1. The molecule has 3 atom stereocenters. The fourth-order valence-corrected chi connectivity index (χ4v) is 4.90. The second kappa shape index (κ2) is 9.47. The number of hydrogen-bond acceptors (Lipinski definition) is 7. The lowest BCUT2D eigenvalue weighted by atomic mass is 9.78. The van der Waals surface area contributed by atoms with E-state index in [1.165, 1.54) is 23.9 Å². The minimum atomic E-state index is -0.495. The number of benzene rings is 2. The zero-order chi connectivity index (χ0) is 22.7. The summed E-state index contributed by atoms with van der Waals surface area (Å²) in [6.45, 7) is 4.34. The summed E-state index contributed by atoms with van der Waals surface area (Å²) in [6, 6.07) is 13.7. The Balaban J connectivity index is 1.64. The lowest BCUT2D eigenvalue weighted by Gasteiger charge is -2.34. The Kier molecular flexibility index (Phi) is 6.50. The molecule has 1 aliphatic rings. The maximum atomic E-state index is 13.2. The van der Waals surface area contributed by atoms with E-state index in [2.05, 4.69) is 34.7 Å². The van der Waals surface area contributed by atoms with Crippen molar-refractivity contribution in [1.82, 2.24) is 25.5 Å². The first-order valence-corrected chi connectivity index (χ1v) is 11.4. The average molecular weight is 453 g/mol. The van der Waals surface area contributed by atoms with E-state index in [9.17, 15) is 14.9 Å². The highest BCUT2D eigenvalue weighted by Crippen LogP contribution is 2.34. The molecule has 9 nitrogen and oxygen atoms in total. The largest absolute Gasteiger partial charge is 0.349 e. The molecule has 0 saturated heterocycles. The first-order chi connectivity index (χ1) is 15.4. The van der Waals surface area contributed by atoms with Crippen LogP contribution in [0.4, 0.5) is 5.69 Å². The normalized spacial score (nSPS) is 20.6. The molecule has 1 amide bonds. The third kappa shape index (κ3) is 4.64. The van der Waals surface area contributed by atoms with Crippen molar-refractivity contribution in [2.75, 3.05) is 0 Å². The first-order valence-electron chi connectivity index (χ1n) is 10.5. The van der Waals surface area contributed by atoms with Gasteiger partial charge in [0.25, 0.3) is 11.6 Å². The third-order valence-corrected chi connectivity index (χ3v) is 7.10. The van der Waals surface area contributed by atoms with Gasteiger partial charge in [-0.15, -0.1) is 5.10 Å². The number of carbonyl (C=O) groups is 1. The summed E-state index contributed by atoms with van der Waals surface area (Å²) in [6.07, 6.45) is 3.10. The van der Waals surface area contributed by atoms with Gasteiger partial charge < -0.3 is 5.32 Å². The molecular formula is C22H24N6O3S. The summed E-state index contributed by atoms with van der Waals surface area (Å²) in [5.74, 6) is 0.539. The van der Waals surface area contributed by atoms with E-state index in [0.29, 0.717) is 21.9 Å². The second-order valence-corrected chi connectivity index (χ2v) is 9.10. The van der Waals surface area contributed by atoms with Gasteiger partial charge in [-0.25, -0.2) is 0 Å². The van der Waals surface area contributed by atoms with Crippen molar-refractivity contribution in [2.24, 2.45) is 11.8 Å². The summed E-state index contributed by atoms with van der Waals surface area (Å²) in [7, 11) is 0. The molecule has 10 heteroatoms. The fourth-order valence-electron chi connectivity index (χ4n) is 4.00. The van der Waals surface area contributed by atoms with Crippen LogP contribution in [0.15, 0.2) is 58.6 Å². The fraction of sp³-hybridized carbons (Fsp3) is 0.364. The number of aromatic nitrogens is 4. The molecule has 1 heterocycles. The van der Waals surface area contributed by atoms with E-state index in [1.807, 2.05) is 30.3 Å². The lowest BCUT2D eigenvalue weighted by molar-refractivity contribution is -0.384. The Morgan fingerprint density at radius 1 is 1.19 bits per heavy atom. The third-order valence-electron chi connectivity index (χ3n) is 6.08. The highest BCUT2D eigenvalue weighted by Gasteiger charge is 2.29. The SMILES string of the molecule is CC1CCCC(NC(=O)c2cc([N+](=O)[O-])ccc2Sc2nnnn2-c2ccccc2)C1C. The molecule has 1 fully saturated rings. The second-order valence-electron chi connectivity index (χ2n) is 8.10. The van der Waals surface area contributed by atoms with Crippen LogP contribution < -0.4 is 5.32 Å². The van der Waals surface area contributed by atoms with E-state index in [-0.39, 0.29) is 23.2 Å². The summed E-state index contributed by atoms with van der Waals surface area (Å²) >= 11 is 1.20. The Labute approximate surface area is 189 Å². The topological polar surface area (TPSA) is 116 Å². The molecule has 166 valence electrons. The van der Waals surface area contributed by atoms with Gasteiger partial charge in [0.05, 0.1) is 16.2 Å². The van der Waals surface area contributed by atoms with Gasteiger partial charge in [-0.2, -0.15) is 4.68 Å². The average Bonchev–Trinajstić information content (AvgIpc) is 3.25. The highest BCUT2D eigenvalue weighted by atomic mass is 32.2. The maximum absolute atomic E-state index is 13.2. The van der Waals surface area contributed by atoms with Gasteiger partial charge >= 0.3 is 0 Å². The molecule has 1 aliphatic carbocycles. The summed E-state index contributed by atoms with van der Waals surface area (Å²) in [5, 5.41) is 26.8. The highest BCUT2D eigenvalue weighted by molar-refractivity contribution is 7.99. The maximum Gasteiger partial charge on any atom is 0.270 e. The first kappa shape index (κ1) is 21.9. The van der Waals surface area contributed by atoms with Crippen LogP contribution in [0.1, 0.15) is 43.5 Å². The molecule has 3 aromatic rings. The van der Waals surface area contributed by atoms with E-state index in [4.69, 9.17) is 0 Å². The molecule has 4 rings (SSSR count). The van der Waals surface area contributed by atoms with Crippen molar-refractivity contribution in [3.8, 4) is 5.69 Å². The number of amides is 1. The van der Waals surface area contributed by atoms with Crippen molar-refractivity contribution >= 4 is 23.4 Å². The summed E-state index contributed by atoms with van der Waals surface area (Å²) in [5.41, 5.74) is 0.891. The molecule has 3 unspecified atom stereocenters. The van der Waals surface area contributed by atoms with Gasteiger partial charge in [-0.3, -0.25) is 14.9 Å². The number of nitro benzene ring substituents is 1. The molecule has 0 spiro atoms. The molecule has 0 aliphatic heterocycles. The quantitative estimate of drug-likeness (QED) is 0.438. The zero-order valence-corrected chi connectivity index (χ0v) is 18.7. The minimum absolute atomic E-state index is 0.0398. The van der Waals surface area contributed by atoms with Gasteiger partial charge in [0.2, 0.25) is 5.16 Å². The van der Waals surface area contributed by atoms with Crippen LogP contribution in [0.5, 0.6) is 0 Å². The minimum Gasteiger partial charge on any atom is -0.349 e. The number of rotatable bonds is 6. The van der Waals surface area contributed by atoms with Gasteiger partial charge in [-0.1, -0.05) is 44.9 Å². The molecular weight excluding hydrogens is 428 g/mol. The van der Waals surface area contributed by atoms with Crippen LogP contribution in [0.25, 0.3) is 5.69 Å². The van der Waals surface area contributed by atoms with Gasteiger partial charge in [-0.05, 0) is 58.6 Å². The molecule has 1 N–H and O–H groups in total. The van der Waals surface area contributed by atoms with Gasteiger partial charge in [0.15, 0.2) is 0 Å². The molecule has 2 aromatic carbocycles. The summed E-state index contributed by atoms with van der Waals surface area (Å²) in [4.78, 5) is 24.7. The lowest BCUT2D eigenvalue weighted by Crippen LogP contribution is -2.43. The van der Waals surface area contributed by atoms with E-state index in [1.54, 1.807) is 10.7 Å². The number of nitro groups is 1. The number of non-ortho nitro benzene ring substituents is 1. The van der Waals surface area contributed by atoms with E-state index >= 15 is 0 Å². The molecule has 1 aromatic heterocycles. The van der Waals surface area contributed by atoms with Crippen LogP contribution >= 0.6 is 11.8 Å². The molecule has 32 heavy (non-hydrogen) atoms. The number of tetrazole rings is 1. The Hall–Kier alpha value is -3.27. The Morgan fingerprint density at radius 2 is 1.97 bits per heavy atom. The van der Waals surface area contributed by atoms with Crippen molar-refractivity contribution in [3.05, 3.63) is 64.2 Å². The van der Waals surface area contributed by atoms with Crippen molar-refractivity contribution in [3.63, 3.8) is 0 Å². The number of hydrogen-bond donors (Lipinski definition) is 1. The standard InChI is InChI=1S/C22H24N6O3S/c1-14-7-6-10-19(15(14)2)23-21(29)18-13-17(28(30)31)11-12-20(18)32-22-24-25-26-27(22)16-8-4-3-5-9-16/h3-5,8-9,11-15,19H,6-7,10H2,1-2H3,(H,23,29). The van der Waals surface area contributed by atoms with E-state index in [0.717, 1.165) is 24.9 Å². The van der Waals surface area contributed by atoms with Crippen LogP contribution in [-0.4, -0.2) is 37.1 Å². The van der Waals surface area contributed by atoms with Crippen molar-refractivity contribution in [1.29, 1.82) is 0 Å². The van der Waals surface area contributed by atoms with E-state index < -0.39 is 4.92 Å². The molecule has 0 radical (unpaired) electrons. The van der Waals surface area contributed by atoms with Crippen molar-refractivity contribution in [2.45, 2.75) is 49.2 Å². The zero-order valence-electron chi connectivity index (χ0n) is 17.8. The Morgan fingerprint density at radius 3 is 2.72 bits per heavy atom. The molecule has 1 saturated carbocycles. The smallest absolute Gasteiger partial charge is 0.270 e. The number of carbonyl (C=O) groups excluding carboxylic acids is 1.